The minimum atomic E-state index is 1.11. The van der Waals surface area contributed by atoms with Crippen molar-refractivity contribution in [1.82, 2.24) is 4.90 Å². The van der Waals surface area contributed by atoms with E-state index < -0.39 is 0 Å². The summed E-state index contributed by atoms with van der Waals surface area (Å²) >= 11 is 0. The number of rotatable bonds is 5. The molecule has 0 saturated carbocycles. The second kappa shape index (κ2) is 5.76. The Morgan fingerprint density at radius 2 is 1.60 bits per heavy atom. The third-order valence-corrected chi connectivity index (χ3v) is 2.37. The summed E-state index contributed by atoms with van der Waals surface area (Å²) in [6.45, 7) is 1.11. The molecule has 0 atom stereocenters. The lowest BCUT2D eigenvalue weighted by atomic mass is 10.1. The summed E-state index contributed by atoms with van der Waals surface area (Å²) < 4.78 is 0. The molecule has 1 aromatic rings. The van der Waals surface area contributed by atoms with Crippen LogP contribution < -0.4 is 4.90 Å². The predicted molar refractivity (Wildman–Crippen MR) is 67.3 cm³/mol. The molecule has 0 spiro atoms. The van der Waals surface area contributed by atoms with E-state index in [1.54, 1.807) is 0 Å². The summed E-state index contributed by atoms with van der Waals surface area (Å²) in [4.78, 5) is 4.31. The molecular weight excluding hydrogens is 184 g/mol. The molecule has 0 fully saturated rings. The number of hydrogen-bond acceptors (Lipinski definition) is 2. The fourth-order valence-electron chi connectivity index (χ4n) is 1.40. The van der Waals surface area contributed by atoms with Crippen LogP contribution in [0.2, 0.25) is 0 Å². The van der Waals surface area contributed by atoms with Crippen molar-refractivity contribution in [3.8, 4) is 0 Å². The van der Waals surface area contributed by atoms with Crippen molar-refractivity contribution in [3.05, 3.63) is 36.2 Å². The minimum absolute atomic E-state index is 1.11. The second-order valence-corrected chi connectivity index (χ2v) is 4.28. The van der Waals surface area contributed by atoms with Crippen LogP contribution in [-0.2, 0) is 0 Å². The molecule has 0 aliphatic carbocycles. The van der Waals surface area contributed by atoms with Crippen molar-refractivity contribution < 1.29 is 0 Å². The van der Waals surface area contributed by atoms with E-state index >= 15 is 0 Å². The summed E-state index contributed by atoms with van der Waals surface area (Å²) in [5, 5.41) is 0. The van der Waals surface area contributed by atoms with Gasteiger partial charge in [-0.15, -0.1) is 0 Å². The van der Waals surface area contributed by atoms with E-state index in [2.05, 4.69) is 68.7 Å². The Morgan fingerprint density at radius 3 is 2.07 bits per heavy atom. The highest BCUT2D eigenvalue weighted by molar-refractivity contribution is 5.47. The Bertz CT molecular complexity index is 275. The van der Waals surface area contributed by atoms with Gasteiger partial charge in [-0.3, -0.25) is 0 Å². The van der Waals surface area contributed by atoms with Crippen LogP contribution in [0.5, 0.6) is 0 Å². The van der Waals surface area contributed by atoms with Gasteiger partial charge >= 0.3 is 0 Å². The molecule has 0 aliphatic heterocycles. The highest BCUT2D eigenvalue weighted by atomic mass is 15.1. The van der Waals surface area contributed by atoms with Gasteiger partial charge in [-0.25, -0.2) is 0 Å². The molecule has 0 bridgehead atoms. The van der Waals surface area contributed by atoms with Gasteiger partial charge in [0, 0.05) is 19.8 Å². The monoisotopic (exact) mass is 205 g/mol. The van der Waals surface area contributed by atoms with E-state index in [1.807, 2.05) is 0 Å². The molecule has 0 N–H and O–H groups in total. The molecule has 83 valence electrons. The molecule has 1 aromatic carbocycles. The Labute approximate surface area is 93.5 Å². The molecular formula is C13H21N2. The van der Waals surface area contributed by atoms with Gasteiger partial charge in [0.2, 0.25) is 0 Å². The highest BCUT2D eigenvalue weighted by Gasteiger charge is 1.97. The van der Waals surface area contributed by atoms with Crippen molar-refractivity contribution in [2.75, 3.05) is 39.6 Å². The van der Waals surface area contributed by atoms with Crippen molar-refractivity contribution in [3.63, 3.8) is 0 Å². The van der Waals surface area contributed by atoms with E-state index in [4.69, 9.17) is 0 Å². The first-order valence-electron chi connectivity index (χ1n) is 5.35. The maximum Gasteiger partial charge on any atom is 0.0361 e. The van der Waals surface area contributed by atoms with Gasteiger partial charge < -0.3 is 9.80 Å². The van der Waals surface area contributed by atoms with Gasteiger partial charge in [0.05, 0.1) is 0 Å². The van der Waals surface area contributed by atoms with Crippen molar-refractivity contribution >= 4 is 5.69 Å². The molecule has 0 heterocycles. The number of benzene rings is 1. The van der Waals surface area contributed by atoms with E-state index in [1.165, 1.54) is 11.3 Å². The maximum absolute atomic E-state index is 2.28. The molecule has 0 aliphatic rings. The first-order valence-corrected chi connectivity index (χ1v) is 5.35. The molecule has 1 rings (SSSR count). The predicted octanol–water partition coefficient (Wildman–Crippen LogP) is 2.26. The van der Waals surface area contributed by atoms with Crippen LogP contribution in [0.25, 0.3) is 0 Å². The van der Waals surface area contributed by atoms with Gasteiger partial charge in [-0.1, -0.05) is 12.1 Å². The van der Waals surface area contributed by atoms with E-state index in [-0.39, 0.29) is 0 Å². The van der Waals surface area contributed by atoms with Gasteiger partial charge in [-0.2, -0.15) is 0 Å². The van der Waals surface area contributed by atoms with Crippen LogP contribution in [-0.4, -0.2) is 39.6 Å². The Balaban J connectivity index is 2.43. The normalized spacial score (nSPS) is 10.7. The van der Waals surface area contributed by atoms with Crippen molar-refractivity contribution in [1.29, 1.82) is 0 Å². The summed E-state index contributed by atoms with van der Waals surface area (Å²) in [7, 11) is 8.32. The highest BCUT2D eigenvalue weighted by Crippen LogP contribution is 2.14. The van der Waals surface area contributed by atoms with Crippen molar-refractivity contribution in [2.24, 2.45) is 0 Å². The first-order chi connectivity index (χ1) is 7.09. The molecule has 2 heteroatoms. The number of hydrogen-bond donors (Lipinski definition) is 0. The Kier molecular flexibility index (Phi) is 4.63. The second-order valence-electron chi connectivity index (χ2n) is 4.28. The average molecular weight is 205 g/mol. The Hall–Kier alpha value is -1.02. The lowest BCUT2D eigenvalue weighted by Gasteiger charge is -2.13. The van der Waals surface area contributed by atoms with Crippen LogP contribution in [0.4, 0.5) is 5.69 Å². The largest absolute Gasteiger partial charge is 0.378 e. The molecule has 1 radical (unpaired) electrons. The molecule has 0 saturated heterocycles. The van der Waals surface area contributed by atoms with Crippen LogP contribution in [0.1, 0.15) is 12.0 Å². The summed E-state index contributed by atoms with van der Waals surface area (Å²) in [5.41, 5.74) is 2.56. The van der Waals surface area contributed by atoms with Gasteiger partial charge in [-0.05, 0) is 51.2 Å². The third kappa shape index (κ3) is 4.34. The van der Waals surface area contributed by atoms with Crippen molar-refractivity contribution in [2.45, 2.75) is 6.42 Å². The lowest BCUT2D eigenvalue weighted by Crippen LogP contribution is -2.13. The quantitative estimate of drug-likeness (QED) is 0.727. The van der Waals surface area contributed by atoms with Crippen LogP contribution >= 0.6 is 0 Å². The molecule has 15 heavy (non-hydrogen) atoms. The van der Waals surface area contributed by atoms with Crippen LogP contribution in [0.3, 0.4) is 0 Å². The van der Waals surface area contributed by atoms with Gasteiger partial charge in [0.1, 0.15) is 0 Å². The minimum Gasteiger partial charge on any atom is -0.378 e. The fourth-order valence-corrected chi connectivity index (χ4v) is 1.40. The molecule has 0 amide bonds. The molecule has 2 nitrogen and oxygen atoms in total. The van der Waals surface area contributed by atoms with Crippen LogP contribution in [0.15, 0.2) is 24.3 Å². The zero-order valence-corrected chi connectivity index (χ0v) is 10.2. The Morgan fingerprint density at radius 1 is 1.00 bits per heavy atom. The van der Waals surface area contributed by atoms with E-state index in [0.29, 0.717) is 0 Å². The lowest BCUT2D eigenvalue weighted by molar-refractivity contribution is 0.413. The summed E-state index contributed by atoms with van der Waals surface area (Å²) in [5.74, 6) is 0. The maximum atomic E-state index is 2.28. The number of nitrogens with zero attached hydrogens (tertiary/aromatic N) is 2. The topological polar surface area (TPSA) is 6.48 Å². The van der Waals surface area contributed by atoms with Gasteiger partial charge in [0.15, 0.2) is 0 Å². The first kappa shape index (κ1) is 12.1. The third-order valence-electron chi connectivity index (χ3n) is 2.37. The summed E-state index contributed by atoms with van der Waals surface area (Å²) in [6.07, 6.45) is 3.38. The zero-order chi connectivity index (χ0) is 11.3. The SMILES string of the molecule is CN(C)CC[CH]c1ccc(N(C)C)cc1. The van der Waals surface area contributed by atoms with E-state index in [0.717, 1.165) is 13.0 Å². The molecule has 0 aromatic heterocycles. The zero-order valence-electron chi connectivity index (χ0n) is 10.2. The number of anilines is 1. The smallest absolute Gasteiger partial charge is 0.0361 e. The van der Waals surface area contributed by atoms with E-state index in [9.17, 15) is 0 Å². The standard InChI is InChI=1S/C13H21N2/c1-14(2)11-5-6-12-7-9-13(10-8-12)15(3)4/h6-10H,5,11H2,1-4H3. The average Bonchev–Trinajstić information content (AvgIpc) is 2.18. The van der Waals surface area contributed by atoms with Crippen LogP contribution in [0, 0.1) is 6.42 Å². The molecule has 0 unspecified atom stereocenters. The van der Waals surface area contributed by atoms with Gasteiger partial charge in [0.25, 0.3) is 0 Å². The summed E-state index contributed by atoms with van der Waals surface area (Å²) in [6, 6.07) is 8.65. The fraction of sp³-hybridized carbons (Fsp3) is 0.462.